The lowest BCUT2D eigenvalue weighted by molar-refractivity contribution is -0.151. The highest BCUT2D eigenvalue weighted by Gasteiger charge is 2.50. The van der Waals surface area contributed by atoms with Gasteiger partial charge in [0, 0.05) is 105 Å². The largest absolute Gasteiger partial charge is 0.457 e. The first-order valence-corrected chi connectivity index (χ1v) is 38.4. The molecule has 2 aliphatic rings. The number of nitrogens with zero attached hydrogens (tertiary/aromatic N) is 4. The smallest absolute Gasteiger partial charge is 0.391 e. The number of allylic oxidation sites excluding steroid dienone is 2. The molecular formula is C88H66Cl4F6N8O14. The summed E-state index contributed by atoms with van der Waals surface area (Å²) in [6.45, 7) is 14.1. The van der Waals surface area contributed by atoms with E-state index in [1.807, 2.05) is 0 Å². The van der Waals surface area contributed by atoms with Crippen LogP contribution < -0.4 is 40.2 Å². The van der Waals surface area contributed by atoms with E-state index in [4.69, 9.17) is 65.4 Å². The van der Waals surface area contributed by atoms with Crippen LogP contribution in [0.4, 0.5) is 37.7 Å². The summed E-state index contributed by atoms with van der Waals surface area (Å²) in [7, 11) is 0. The zero-order valence-corrected chi connectivity index (χ0v) is 65.9. The molecule has 32 heteroatoms. The van der Waals surface area contributed by atoms with Crippen molar-refractivity contribution in [2.24, 2.45) is 0 Å². The number of hydrogen-bond donors (Lipinski definition) is 4. The highest BCUT2D eigenvalue weighted by molar-refractivity contribution is 6.46. The van der Waals surface area contributed by atoms with E-state index in [2.05, 4.69) is 57.6 Å². The minimum absolute atomic E-state index is 0.0270. The van der Waals surface area contributed by atoms with Crippen LogP contribution in [0.3, 0.4) is 0 Å². The van der Waals surface area contributed by atoms with Crippen molar-refractivity contribution in [3.05, 3.63) is 261 Å². The van der Waals surface area contributed by atoms with Gasteiger partial charge in [-0.25, -0.2) is 0 Å². The third-order valence-corrected chi connectivity index (χ3v) is 20.5. The molecule has 8 amide bonds. The van der Waals surface area contributed by atoms with E-state index in [1.54, 1.807) is 48.5 Å². The number of alkyl halides is 6. The molecule has 0 radical (unpaired) electrons. The van der Waals surface area contributed by atoms with Gasteiger partial charge >= 0.3 is 12.4 Å². The van der Waals surface area contributed by atoms with E-state index >= 15 is 45.5 Å². The standard InChI is InChI=1S/C88H66Cl4F6N8O14/c1-45(89)65(107)9-5-7-49-11-19-55(20-12-49)117-67-39-59-71-60(84(114)105(83(59)113)63(43-87(93,94)95)81(111)103-53-29-33-99-34-30-53)40-68(118-56-21-13-50(14-22-56)8-6-10-66(108)46(2)90)74-76-70(120-58-25-17-52(18-26-58)28-38-102-80(110)48(4)92)42-62-72-61(85(115)106(86(62)116)64(44-88(96,97)98)82(112)104-54-31-35-100-36-32-54)41-69(75(78(72)76)73(67)77(71)74)119-57-23-15-51(16-24-57)27-37-101-79(109)47(3)91/h11-26,29-36,39-42,63-64H,1-10,27-28,37-38,43-44H2,(H,101,109)(H,102,110)(H,99,103,111)(H,100,104,112). The summed E-state index contributed by atoms with van der Waals surface area (Å²) in [4.78, 5) is 153. The second kappa shape index (κ2) is 35.7. The van der Waals surface area contributed by atoms with E-state index in [0.717, 1.165) is 24.3 Å². The Balaban J connectivity index is 1.15. The highest BCUT2D eigenvalue weighted by atomic mass is 35.5. The molecule has 2 aliphatic heterocycles. The van der Waals surface area contributed by atoms with Crippen LogP contribution in [0, 0.1) is 0 Å². The van der Waals surface area contributed by atoms with Gasteiger partial charge in [0.25, 0.3) is 35.4 Å². The van der Waals surface area contributed by atoms with Gasteiger partial charge in [0.1, 0.15) is 58.1 Å². The van der Waals surface area contributed by atoms with Crippen LogP contribution in [0.25, 0.3) is 43.1 Å². The Labute approximate surface area is 699 Å². The fourth-order valence-electron chi connectivity index (χ4n) is 14.2. The van der Waals surface area contributed by atoms with Gasteiger partial charge in [-0.2, -0.15) is 26.3 Å². The first-order chi connectivity index (χ1) is 57.2. The molecule has 0 fully saturated rings. The molecule has 0 aliphatic carbocycles. The van der Waals surface area contributed by atoms with Gasteiger partial charge in [-0.15, -0.1) is 0 Å². The number of halogens is 10. The Morgan fingerprint density at radius 2 is 0.642 bits per heavy atom. The average molecular weight is 1720 g/mol. The predicted octanol–water partition coefficient (Wildman–Crippen LogP) is 18.9. The number of ether oxygens (including phenoxy) is 4. The van der Waals surface area contributed by atoms with Crippen LogP contribution in [-0.2, 0) is 54.5 Å². The normalized spacial score (nSPS) is 13.1. The molecule has 0 saturated carbocycles. The number of pyridine rings is 2. The number of imide groups is 2. The number of benzene rings is 9. The number of carbonyl (C=O) groups excluding carboxylic acids is 10. The van der Waals surface area contributed by atoms with E-state index < -0.39 is 141 Å². The summed E-state index contributed by atoms with van der Waals surface area (Å²) >= 11 is 23.5. The molecule has 4 N–H and O–H groups in total. The maximum absolute atomic E-state index is 16.2. The van der Waals surface area contributed by atoms with Gasteiger partial charge in [0.05, 0.1) is 55.2 Å². The van der Waals surface area contributed by atoms with Crippen molar-refractivity contribution >= 4 is 160 Å². The first-order valence-electron chi connectivity index (χ1n) is 36.9. The predicted molar refractivity (Wildman–Crippen MR) is 439 cm³/mol. The number of nitrogens with one attached hydrogen (secondary N) is 4. The number of Topliss-reactive ketones (excluding diaryl/α,β-unsaturated/α-hetero) is 2. The number of aryl methyl sites for hydroxylation is 2. The Morgan fingerprint density at radius 3 is 0.892 bits per heavy atom. The minimum atomic E-state index is -5.27. The van der Waals surface area contributed by atoms with Crippen LogP contribution in [0.1, 0.15) is 102 Å². The van der Waals surface area contributed by atoms with Crippen LogP contribution in [-0.4, -0.2) is 116 Å². The molecule has 0 spiro atoms. The number of carbonyl (C=O) groups is 10. The quantitative estimate of drug-likeness (QED) is 0.00958. The average Bonchev–Trinajstić information content (AvgIpc) is 0.669. The number of fused-ring (bicyclic) bond motifs is 2. The summed E-state index contributed by atoms with van der Waals surface area (Å²) in [6, 6.07) is 29.0. The molecular weight excluding hydrogens is 1650 g/mol. The van der Waals surface area contributed by atoms with E-state index in [1.165, 1.54) is 97.6 Å². The van der Waals surface area contributed by atoms with E-state index in [9.17, 15) is 28.8 Å². The number of ketones is 2. The van der Waals surface area contributed by atoms with Crippen molar-refractivity contribution in [1.82, 2.24) is 30.4 Å². The van der Waals surface area contributed by atoms with Gasteiger partial charge in [-0.05, 0) is 158 Å². The highest BCUT2D eigenvalue weighted by Crippen LogP contribution is 2.58. The Morgan fingerprint density at radius 1 is 0.375 bits per heavy atom. The minimum Gasteiger partial charge on any atom is -0.457 e. The van der Waals surface area contributed by atoms with Gasteiger partial charge in [0.15, 0.2) is 11.6 Å². The fourth-order valence-corrected chi connectivity index (χ4v) is 14.5. The van der Waals surface area contributed by atoms with Crippen molar-refractivity contribution in [3.63, 3.8) is 0 Å². The third-order valence-electron chi connectivity index (χ3n) is 19.8. The number of anilines is 2. The number of amides is 8. The summed E-state index contributed by atoms with van der Waals surface area (Å²) in [5.41, 5.74) is 0.0910. The lowest BCUT2D eigenvalue weighted by atomic mass is 9.80. The molecule has 2 unspecified atom stereocenters. The second-order valence-corrected chi connectivity index (χ2v) is 29.8. The fraction of sp³-hybridized carbons (Fsp3) is 0.182. The molecule has 0 saturated heterocycles. The first kappa shape index (κ1) is 84.9. The summed E-state index contributed by atoms with van der Waals surface area (Å²) in [6.07, 6.45) is -8.14. The number of hydrogen-bond acceptors (Lipinski definition) is 16. The molecule has 22 nitrogen and oxygen atoms in total. The molecule has 2 atom stereocenters. The second-order valence-electron chi connectivity index (χ2n) is 27.9. The summed E-state index contributed by atoms with van der Waals surface area (Å²) in [5.74, 6) is -12.7. The lowest BCUT2D eigenvalue weighted by Crippen LogP contribution is -2.53. The van der Waals surface area contributed by atoms with Crippen molar-refractivity contribution in [2.45, 2.75) is 88.6 Å². The van der Waals surface area contributed by atoms with Crippen LogP contribution >= 0.6 is 46.4 Å². The molecule has 612 valence electrons. The topological polar surface area (TPSA) is 288 Å². The van der Waals surface area contributed by atoms with Crippen LogP contribution in [0.15, 0.2) is 217 Å². The molecule has 11 aromatic rings. The summed E-state index contributed by atoms with van der Waals surface area (Å²) in [5, 5.41) is 7.32. The number of aromatic nitrogens is 2. The van der Waals surface area contributed by atoms with Gasteiger partial charge in [0.2, 0.25) is 11.8 Å². The van der Waals surface area contributed by atoms with E-state index in [-0.39, 0.29) is 146 Å². The maximum atomic E-state index is 16.2. The van der Waals surface area contributed by atoms with Gasteiger partial charge < -0.3 is 40.2 Å². The zero-order chi connectivity index (χ0) is 85.8. The molecule has 13 rings (SSSR count). The van der Waals surface area contributed by atoms with Crippen LogP contribution in [0.2, 0.25) is 0 Å². The summed E-state index contributed by atoms with van der Waals surface area (Å²) < 4.78 is 120. The van der Waals surface area contributed by atoms with Crippen molar-refractivity contribution in [1.29, 1.82) is 0 Å². The molecule has 9 aromatic carbocycles. The SMILES string of the molecule is C=C(Cl)C(=O)CCCc1ccc(Oc2cc3c4c(cc(Oc5ccc(CCCC(=O)C(=C)Cl)cc5)c5c6c(Oc7ccc(CCNC(=O)C(=C)Cl)cc7)cc7c8c(cc(Oc9ccc(CCNC(=O)C(=C)Cl)cc9)c(c2c45)c86)C(=O)N(C(CC(F)(F)F)C(=O)Nc2ccncc2)C7=O)C(=O)N(C(CC(F)(F)F)C(=O)Nc2ccncc2)C3=O)cc1. The van der Waals surface area contributed by atoms with Crippen molar-refractivity contribution in [3.8, 4) is 46.0 Å². The Bertz CT molecular complexity index is 5390. The van der Waals surface area contributed by atoms with Crippen molar-refractivity contribution < 1.29 is 93.2 Å². The Kier molecular flexibility index (Phi) is 25.2. The molecule has 4 heterocycles. The monoisotopic (exact) mass is 1710 g/mol. The Hall–Kier alpha value is -13.0. The third kappa shape index (κ3) is 18.9. The molecule has 120 heavy (non-hydrogen) atoms. The van der Waals surface area contributed by atoms with Crippen molar-refractivity contribution in [2.75, 3.05) is 23.7 Å². The molecule has 0 bridgehead atoms. The van der Waals surface area contributed by atoms with Gasteiger partial charge in [-0.3, -0.25) is 67.7 Å². The van der Waals surface area contributed by atoms with E-state index in [0.29, 0.717) is 47.9 Å². The lowest BCUT2D eigenvalue weighted by Gasteiger charge is -2.36. The zero-order valence-electron chi connectivity index (χ0n) is 62.9. The maximum Gasteiger partial charge on any atom is 0.391 e. The van der Waals surface area contributed by atoms with Gasteiger partial charge in [-0.1, -0.05) is 121 Å². The number of rotatable bonds is 34. The van der Waals surface area contributed by atoms with Crippen LogP contribution in [0.5, 0.6) is 46.0 Å². The molecule has 2 aromatic heterocycles.